The Labute approximate surface area is 106 Å². The van der Waals surface area contributed by atoms with E-state index in [0.717, 1.165) is 25.0 Å². The van der Waals surface area contributed by atoms with E-state index >= 15 is 0 Å². The van der Waals surface area contributed by atoms with E-state index in [1.165, 1.54) is 5.56 Å². The van der Waals surface area contributed by atoms with Crippen molar-refractivity contribution >= 4 is 6.29 Å². The highest BCUT2D eigenvalue weighted by Gasteiger charge is 1.96. The summed E-state index contributed by atoms with van der Waals surface area (Å²) in [5, 5.41) is 4.21. The highest BCUT2D eigenvalue weighted by molar-refractivity contribution is 5.74. The maximum absolute atomic E-state index is 10.5. The number of benzene rings is 1. The minimum absolute atomic E-state index is 0.638. The third-order valence-electron chi connectivity index (χ3n) is 2.58. The fraction of sp³-hybridized carbons (Fsp3) is 0.286. The predicted octanol–water partition coefficient (Wildman–Crippen LogP) is 2.47. The Morgan fingerprint density at radius 1 is 1.33 bits per heavy atom. The van der Waals surface area contributed by atoms with Gasteiger partial charge in [-0.1, -0.05) is 0 Å². The molecular formula is C14H16N2O2. The summed E-state index contributed by atoms with van der Waals surface area (Å²) in [4.78, 5) is 10.5. The Kier molecular flexibility index (Phi) is 4.12. The number of nitrogens with zero attached hydrogens (tertiary/aromatic N) is 2. The summed E-state index contributed by atoms with van der Waals surface area (Å²) in [6, 6.07) is 7.11. The van der Waals surface area contributed by atoms with Crippen LogP contribution in [0.3, 0.4) is 0 Å². The highest BCUT2D eigenvalue weighted by atomic mass is 16.5. The third-order valence-corrected chi connectivity index (χ3v) is 2.58. The molecule has 0 aliphatic carbocycles. The monoisotopic (exact) mass is 244 g/mol. The number of aldehydes is 1. The Morgan fingerprint density at radius 2 is 2.11 bits per heavy atom. The molecule has 0 saturated heterocycles. The van der Waals surface area contributed by atoms with Crippen molar-refractivity contribution in [3.8, 4) is 5.75 Å². The van der Waals surface area contributed by atoms with Gasteiger partial charge >= 0.3 is 0 Å². The summed E-state index contributed by atoms with van der Waals surface area (Å²) in [5.74, 6) is 0.789. The van der Waals surface area contributed by atoms with Gasteiger partial charge < -0.3 is 4.74 Å². The lowest BCUT2D eigenvalue weighted by molar-refractivity contribution is 0.112. The van der Waals surface area contributed by atoms with Crippen molar-refractivity contribution < 1.29 is 9.53 Å². The summed E-state index contributed by atoms with van der Waals surface area (Å²) < 4.78 is 7.49. The minimum atomic E-state index is 0.638. The lowest BCUT2D eigenvalue weighted by Crippen LogP contribution is -2.04. The van der Waals surface area contributed by atoms with Crippen LogP contribution in [0.4, 0.5) is 0 Å². The summed E-state index contributed by atoms with van der Waals surface area (Å²) in [7, 11) is 0. The molecule has 94 valence electrons. The Morgan fingerprint density at radius 3 is 2.72 bits per heavy atom. The van der Waals surface area contributed by atoms with Crippen molar-refractivity contribution in [3.63, 3.8) is 0 Å². The van der Waals surface area contributed by atoms with Gasteiger partial charge in [-0.25, -0.2) is 0 Å². The van der Waals surface area contributed by atoms with Crippen LogP contribution in [-0.4, -0.2) is 22.7 Å². The SMILES string of the molecule is Cc1cnn(CCCOc2ccc(C=O)cc2)c1. The van der Waals surface area contributed by atoms with Gasteiger partial charge in [-0.15, -0.1) is 0 Å². The smallest absolute Gasteiger partial charge is 0.150 e. The average molecular weight is 244 g/mol. The molecule has 0 aliphatic rings. The maximum Gasteiger partial charge on any atom is 0.150 e. The molecule has 0 aliphatic heterocycles. The van der Waals surface area contributed by atoms with Crippen molar-refractivity contribution in [1.82, 2.24) is 9.78 Å². The van der Waals surface area contributed by atoms with E-state index in [2.05, 4.69) is 5.10 Å². The van der Waals surface area contributed by atoms with Gasteiger partial charge in [0.1, 0.15) is 12.0 Å². The van der Waals surface area contributed by atoms with Crippen LogP contribution in [0, 0.1) is 6.92 Å². The van der Waals surface area contributed by atoms with Gasteiger partial charge in [0.15, 0.2) is 0 Å². The normalized spacial score (nSPS) is 10.3. The molecular weight excluding hydrogens is 228 g/mol. The molecule has 0 spiro atoms. The van der Waals surface area contributed by atoms with Crippen molar-refractivity contribution in [2.45, 2.75) is 19.9 Å². The molecule has 0 N–H and O–H groups in total. The molecule has 1 aromatic heterocycles. The van der Waals surface area contributed by atoms with Gasteiger partial charge in [-0.2, -0.15) is 5.10 Å². The summed E-state index contributed by atoms with van der Waals surface area (Å²) in [6.07, 6.45) is 5.58. The van der Waals surface area contributed by atoms with Crippen LogP contribution in [0.25, 0.3) is 0 Å². The van der Waals surface area contributed by atoms with E-state index in [0.29, 0.717) is 12.2 Å². The number of carbonyl (C=O) groups is 1. The highest BCUT2D eigenvalue weighted by Crippen LogP contribution is 2.11. The molecule has 2 rings (SSSR count). The van der Waals surface area contributed by atoms with Crippen LogP contribution in [-0.2, 0) is 6.54 Å². The maximum atomic E-state index is 10.5. The Balaban J connectivity index is 1.73. The van der Waals surface area contributed by atoms with E-state index in [-0.39, 0.29) is 0 Å². The first-order valence-corrected chi connectivity index (χ1v) is 5.95. The molecule has 0 atom stereocenters. The lowest BCUT2D eigenvalue weighted by atomic mass is 10.2. The zero-order chi connectivity index (χ0) is 12.8. The van der Waals surface area contributed by atoms with Gasteiger partial charge in [-0.3, -0.25) is 9.48 Å². The topological polar surface area (TPSA) is 44.1 Å². The molecule has 18 heavy (non-hydrogen) atoms. The molecule has 0 saturated carbocycles. The van der Waals surface area contributed by atoms with E-state index in [1.54, 1.807) is 12.1 Å². The Bertz CT molecular complexity index is 503. The summed E-state index contributed by atoms with van der Waals surface area (Å²) in [5.41, 5.74) is 1.83. The Hall–Kier alpha value is -2.10. The van der Waals surface area contributed by atoms with Crippen LogP contribution >= 0.6 is 0 Å². The van der Waals surface area contributed by atoms with Crippen molar-refractivity contribution in [2.75, 3.05) is 6.61 Å². The molecule has 1 aromatic carbocycles. The molecule has 0 bridgehead atoms. The van der Waals surface area contributed by atoms with Gasteiger partial charge in [0.2, 0.25) is 0 Å². The van der Waals surface area contributed by atoms with Crippen LogP contribution in [0.1, 0.15) is 22.3 Å². The number of hydrogen-bond donors (Lipinski definition) is 0. The zero-order valence-corrected chi connectivity index (χ0v) is 10.4. The first kappa shape index (κ1) is 12.4. The molecule has 4 nitrogen and oxygen atoms in total. The third kappa shape index (κ3) is 3.45. The van der Waals surface area contributed by atoms with Crippen LogP contribution in [0.5, 0.6) is 5.75 Å². The number of hydrogen-bond acceptors (Lipinski definition) is 3. The lowest BCUT2D eigenvalue weighted by Gasteiger charge is -2.06. The van der Waals surface area contributed by atoms with Gasteiger partial charge in [-0.05, 0) is 36.8 Å². The molecule has 1 heterocycles. The summed E-state index contributed by atoms with van der Waals surface area (Å²) in [6.45, 7) is 3.51. The van der Waals surface area contributed by atoms with E-state index in [9.17, 15) is 4.79 Å². The van der Waals surface area contributed by atoms with Gasteiger partial charge in [0.25, 0.3) is 0 Å². The predicted molar refractivity (Wildman–Crippen MR) is 68.9 cm³/mol. The quantitative estimate of drug-likeness (QED) is 0.579. The van der Waals surface area contributed by atoms with Gasteiger partial charge in [0.05, 0.1) is 12.8 Å². The fourth-order valence-corrected chi connectivity index (χ4v) is 1.65. The largest absolute Gasteiger partial charge is 0.494 e. The second kappa shape index (κ2) is 6.00. The second-order valence-corrected chi connectivity index (χ2v) is 4.17. The standard InChI is InChI=1S/C14H16N2O2/c1-12-9-15-16(10-12)7-2-8-18-14-5-3-13(11-17)4-6-14/h3-6,9-11H,2,7-8H2,1H3. The number of aromatic nitrogens is 2. The van der Waals surface area contributed by atoms with E-state index in [1.807, 2.05) is 36.1 Å². The van der Waals surface area contributed by atoms with Crippen LogP contribution < -0.4 is 4.74 Å². The number of rotatable bonds is 6. The van der Waals surface area contributed by atoms with Crippen molar-refractivity contribution in [1.29, 1.82) is 0 Å². The molecule has 4 heteroatoms. The van der Waals surface area contributed by atoms with E-state index < -0.39 is 0 Å². The number of carbonyl (C=O) groups excluding carboxylic acids is 1. The van der Waals surface area contributed by atoms with E-state index in [4.69, 9.17) is 4.74 Å². The fourth-order valence-electron chi connectivity index (χ4n) is 1.65. The molecule has 2 aromatic rings. The summed E-state index contributed by atoms with van der Waals surface area (Å²) >= 11 is 0. The number of ether oxygens (including phenoxy) is 1. The molecule has 0 radical (unpaired) electrons. The minimum Gasteiger partial charge on any atom is -0.494 e. The first-order chi connectivity index (χ1) is 8.78. The molecule has 0 amide bonds. The zero-order valence-electron chi connectivity index (χ0n) is 10.4. The van der Waals surface area contributed by atoms with Crippen molar-refractivity contribution in [2.24, 2.45) is 0 Å². The second-order valence-electron chi connectivity index (χ2n) is 4.17. The number of aryl methyl sites for hydroxylation is 2. The van der Waals surface area contributed by atoms with Crippen molar-refractivity contribution in [3.05, 3.63) is 47.8 Å². The molecule has 0 fully saturated rings. The van der Waals surface area contributed by atoms with Crippen LogP contribution in [0.15, 0.2) is 36.7 Å². The average Bonchev–Trinajstić information content (AvgIpc) is 2.81. The first-order valence-electron chi connectivity index (χ1n) is 5.95. The van der Waals surface area contributed by atoms with Crippen LogP contribution in [0.2, 0.25) is 0 Å². The molecule has 0 unspecified atom stereocenters. The van der Waals surface area contributed by atoms with Gasteiger partial charge in [0, 0.05) is 24.7 Å².